The molecule has 0 heterocycles. The normalized spacial score (nSPS) is 10.4. The van der Waals surface area contributed by atoms with E-state index in [2.05, 4.69) is 5.32 Å². The summed E-state index contributed by atoms with van der Waals surface area (Å²) in [5.41, 5.74) is 0.146. The molecule has 106 valence electrons. The Bertz CT molecular complexity index is 611. The van der Waals surface area contributed by atoms with Gasteiger partial charge in [-0.2, -0.15) is 0 Å². The topological polar surface area (TPSA) is 21.3 Å². The molecule has 0 radical (unpaired) electrons. The summed E-state index contributed by atoms with van der Waals surface area (Å²) in [5.74, 6) is -2.49. The van der Waals surface area contributed by atoms with Crippen molar-refractivity contribution >= 4 is 17.3 Å². The van der Waals surface area contributed by atoms with Crippen LogP contribution in [0.1, 0.15) is 5.56 Å². The zero-order chi connectivity index (χ0) is 14.7. The van der Waals surface area contributed by atoms with E-state index < -0.39 is 23.1 Å². The molecule has 0 aromatic heterocycles. The van der Waals surface area contributed by atoms with Crippen LogP contribution in [0, 0.1) is 17.5 Å². The fraction of sp³-hybridized carbons (Fsp3) is 0.143. The molecule has 0 aliphatic carbocycles. The monoisotopic (exact) mass is 301 g/mol. The standard InChI is InChI=1S/C14H11ClF3NO/c1-20-13-4-2-3-10(15)9(13)7-19-14-11(17)5-8(16)6-12(14)18/h2-6,19H,7H2,1H3. The Kier molecular flexibility index (Phi) is 4.39. The molecule has 0 aliphatic heterocycles. The minimum atomic E-state index is -1.01. The van der Waals surface area contributed by atoms with Crippen LogP contribution in [-0.2, 0) is 6.54 Å². The molecule has 2 aromatic carbocycles. The first-order valence-electron chi connectivity index (χ1n) is 5.72. The quantitative estimate of drug-likeness (QED) is 0.905. The van der Waals surface area contributed by atoms with Gasteiger partial charge in [-0.05, 0) is 12.1 Å². The van der Waals surface area contributed by atoms with Gasteiger partial charge in [-0.1, -0.05) is 17.7 Å². The van der Waals surface area contributed by atoms with Gasteiger partial charge in [0.05, 0.1) is 7.11 Å². The van der Waals surface area contributed by atoms with Crippen molar-refractivity contribution in [2.45, 2.75) is 6.54 Å². The number of ether oxygens (including phenoxy) is 1. The molecule has 20 heavy (non-hydrogen) atoms. The molecule has 0 bridgehead atoms. The number of hydrogen-bond donors (Lipinski definition) is 1. The lowest BCUT2D eigenvalue weighted by molar-refractivity contribution is 0.410. The number of nitrogens with one attached hydrogen (secondary N) is 1. The second-order valence-electron chi connectivity index (χ2n) is 4.02. The summed E-state index contributed by atoms with van der Waals surface area (Å²) >= 11 is 6.01. The van der Waals surface area contributed by atoms with Crippen molar-refractivity contribution in [2.24, 2.45) is 0 Å². The fourth-order valence-electron chi connectivity index (χ4n) is 1.79. The zero-order valence-corrected chi connectivity index (χ0v) is 11.3. The maximum absolute atomic E-state index is 13.5. The molecule has 0 amide bonds. The summed E-state index contributed by atoms with van der Waals surface area (Å²) in [7, 11) is 1.47. The van der Waals surface area contributed by atoms with Gasteiger partial charge in [-0.25, -0.2) is 13.2 Å². The average molecular weight is 302 g/mol. The summed E-state index contributed by atoms with van der Waals surface area (Å²) in [6.07, 6.45) is 0. The Balaban J connectivity index is 2.26. The lowest BCUT2D eigenvalue weighted by Crippen LogP contribution is -2.06. The smallest absolute Gasteiger partial charge is 0.152 e. The number of rotatable bonds is 4. The summed E-state index contributed by atoms with van der Waals surface area (Å²) in [6.45, 7) is 0.0440. The van der Waals surface area contributed by atoms with Crippen LogP contribution < -0.4 is 10.1 Å². The largest absolute Gasteiger partial charge is 0.496 e. The van der Waals surface area contributed by atoms with Gasteiger partial charge in [0.1, 0.15) is 17.3 Å². The Morgan fingerprint density at radius 1 is 1.15 bits per heavy atom. The highest BCUT2D eigenvalue weighted by Crippen LogP contribution is 2.28. The van der Waals surface area contributed by atoms with Crippen molar-refractivity contribution < 1.29 is 17.9 Å². The highest BCUT2D eigenvalue weighted by molar-refractivity contribution is 6.31. The minimum Gasteiger partial charge on any atom is -0.496 e. The van der Waals surface area contributed by atoms with E-state index in [1.165, 1.54) is 7.11 Å². The van der Waals surface area contributed by atoms with Crippen LogP contribution in [0.3, 0.4) is 0 Å². The number of benzene rings is 2. The third kappa shape index (κ3) is 2.99. The predicted molar refractivity (Wildman–Crippen MR) is 71.6 cm³/mol. The van der Waals surface area contributed by atoms with Crippen LogP contribution in [0.2, 0.25) is 5.02 Å². The highest BCUT2D eigenvalue weighted by atomic mass is 35.5. The molecule has 2 nitrogen and oxygen atoms in total. The van der Waals surface area contributed by atoms with Crippen molar-refractivity contribution in [3.05, 3.63) is 58.4 Å². The molecule has 0 fully saturated rings. The Morgan fingerprint density at radius 2 is 1.80 bits per heavy atom. The third-order valence-corrected chi connectivity index (χ3v) is 3.10. The minimum absolute atomic E-state index is 0.0440. The zero-order valence-electron chi connectivity index (χ0n) is 10.5. The molecule has 0 aliphatic rings. The van der Waals surface area contributed by atoms with Gasteiger partial charge in [0.25, 0.3) is 0 Å². The number of methoxy groups -OCH3 is 1. The summed E-state index contributed by atoms with van der Waals surface area (Å²) in [6, 6.07) is 6.23. The van der Waals surface area contributed by atoms with Gasteiger partial charge < -0.3 is 10.1 Å². The first kappa shape index (κ1) is 14.5. The van der Waals surface area contributed by atoms with E-state index in [9.17, 15) is 13.2 Å². The lowest BCUT2D eigenvalue weighted by atomic mass is 10.2. The van der Waals surface area contributed by atoms with Crippen molar-refractivity contribution in [3.63, 3.8) is 0 Å². The molecule has 0 spiro atoms. The van der Waals surface area contributed by atoms with Crippen LogP contribution >= 0.6 is 11.6 Å². The van der Waals surface area contributed by atoms with E-state index >= 15 is 0 Å². The molecule has 6 heteroatoms. The van der Waals surface area contributed by atoms with Gasteiger partial charge in [-0.15, -0.1) is 0 Å². The maximum Gasteiger partial charge on any atom is 0.152 e. The molecule has 1 N–H and O–H groups in total. The molecule has 0 saturated carbocycles. The van der Waals surface area contributed by atoms with Gasteiger partial charge in [0, 0.05) is 29.3 Å². The molecule has 2 aromatic rings. The van der Waals surface area contributed by atoms with Gasteiger partial charge in [-0.3, -0.25) is 0 Å². The maximum atomic E-state index is 13.5. The first-order valence-corrected chi connectivity index (χ1v) is 6.10. The number of anilines is 1. The van der Waals surface area contributed by atoms with E-state index in [1.807, 2.05) is 0 Å². The van der Waals surface area contributed by atoms with E-state index in [4.69, 9.17) is 16.3 Å². The summed E-state index contributed by atoms with van der Waals surface area (Å²) in [5, 5.41) is 2.96. The lowest BCUT2D eigenvalue weighted by Gasteiger charge is -2.13. The molecule has 2 rings (SSSR count). The fourth-order valence-corrected chi connectivity index (χ4v) is 2.02. The molecular weight excluding hydrogens is 291 g/mol. The Labute approximate surface area is 119 Å². The summed E-state index contributed by atoms with van der Waals surface area (Å²) < 4.78 is 44.9. The predicted octanol–water partition coefficient (Wildman–Crippen LogP) is 4.38. The molecular formula is C14H11ClF3NO. The van der Waals surface area contributed by atoms with Crippen LogP contribution in [0.4, 0.5) is 18.9 Å². The van der Waals surface area contributed by atoms with Gasteiger partial charge in [0.15, 0.2) is 11.6 Å². The number of halogens is 4. The van der Waals surface area contributed by atoms with Crippen molar-refractivity contribution in [1.29, 1.82) is 0 Å². The molecule has 0 saturated heterocycles. The second-order valence-corrected chi connectivity index (χ2v) is 4.43. The average Bonchev–Trinajstić information content (AvgIpc) is 2.38. The van der Waals surface area contributed by atoms with Crippen molar-refractivity contribution in [1.82, 2.24) is 0 Å². The van der Waals surface area contributed by atoms with E-state index in [0.29, 0.717) is 28.5 Å². The van der Waals surface area contributed by atoms with Gasteiger partial charge in [0.2, 0.25) is 0 Å². The SMILES string of the molecule is COc1cccc(Cl)c1CNc1c(F)cc(F)cc1F. The van der Waals surface area contributed by atoms with Crippen molar-refractivity contribution in [2.75, 3.05) is 12.4 Å². The second kappa shape index (κ2) is 6.05. The van der Waals surface area contributed by atoms with Crippen LogP contribution in [0.25, 0.3) is 0 Å². The van der Waals surface area contributed by atoms with E-state index in [0.717, 1.165) is 0 Å². The third-order valence-electron chi connectivity index (χ3n) is 2.74. The van der Waals surface area contributed by atoms with Crippen molar-refractivity contribution in [3.8, 4) is 5.75 Å². The van der Waals surface area contributed by atoms with E-state index in [-0.39, 0.29) is 6.54 Å². The van der Waals surface area contributed by atoms with Crippen LogP contribution in [0.5, 0.6) is 5.75 Å². The van der Waals surface area contributed by atoms with Gasteiger partial charge >= 0.3 is 0 Å². The Hall–Kier alpha value is -1.88. The molecule has 0 atom stereocenters. The Morgan fingerprint density at radius 3 is 2.40 bits per heavy atom. The highest BCUT2D eigenvalue weighted by Gasteiger charge is 2.13. The van der Waals surface area contributed by atoms with Crippen LogP contribution in [-0.4, -0.2) is 7.11 Å². The van der Waals surface area contributed by atoms with Crippen LogP contribution in [0.15, 0.2) is 30.3 Å². The van der Waals surface area contributed by atoms with E-state index in [1.54, 1.807) is 18.2 Å². The number of hydrogen-bond acceptors (Lipinski definition) is 2. The molecule has 0 unspecified atom stereocenters. The summed E-state index contributed by atoms with van der Waals surface area (Å²) in [4.78, 5) is 0. The first-order chi connectivity index (χ1) is 9.52.